The van der Waals surface area contributed by atoms with Gasteiger partial charge in [0.15, 0.2) is 0 Å². The van der Waals surface area contributed by atoms with Gasteiger partial charge in [0.25, 0.3) is 0 Å². The molecule has 26 heavy (non-hydrogen) atoms. The van der Waals surface area contributed by atoms with Crippen LogP contribution in [0.1, 0.15) is 37.7 Å². The molecule has 3 rings (SSSR count). The average Bonchev–Trinajstić information content (AvgIpc) is 2.89. The third-order valence-corrected chi connectivity index (χ3v) is 5.44. The van der Waals surface area contributed by atoms with E-state index in [0.717, 1.165) is 36.9 Å². The number of hydrogen-bond donors (Lipinski definition) is 1. The van der Waals surface area contributed by atoms with Gasteiger partial charge in [-0.25, -0.2) is 0 Å². The number of hydrogen-bond acceptors (Lipinski definition) is 4. The van der Waals surface area contributed by atoms with Crippen LogP contribution in [0.3, 0.4) is 0 Å². The monoisotopic (exact) mass is 357 g/mol. The molecule has 1 aromatic rings. The van der Waals surface area contributed by atoms with Crippen LogP contribution in [0, 0.1) is 11.8 Å². The molecule has 1 aromatic carbocycles. The van der Waals surface area contributed by atoms with Gasteiger partial charge < -0.3 is 10.2 Å². The van der Waals surface area contributed by atoms with Crippen molar-refractivity contribution in [2.75, 3.05) is 25.5 Å². The molecule has 140 valence electrons. The third kappa shape index (κ3) is 3.89. The van der Waals surface area contributed by atoms with E-state index < -0.39 is 0 Å². The zero-order valence-corrected chi connectivity index (χ0v) is 15.5. The summed E-state index contributed by atoms with van der Waals surface area (Å²) in [4.78, 5) is 40.2. The highest BCUT2D eigenvalue weighted by atomic mass is 16.2. The lowest BCUT2D eigenvalue weighted by molar-refractivity contribution is -0.140. The van der Waals surface area contributed by atoms with Gasteiger partial charge in [0, 0.05) is 39.3 Å². The molecule has 0 aromatic heterocycles. The Hall–Kier alpha value is -2.37. The number of carbonyl (C=O) groups is 3. The summed E-state index contributed by atoms with van der Waals surface area (Å²) < 4.78 is 0. The van der Waals surface area contributed by atoms with Crippen LogP contribution >= 0.6 is 0 Å². The number of amides is 3. The number of benzene rings is 1. The maximum atomic E-state index is 12.4. The standard InChI is InChI=1S/C20H27N3O3/c1-22(2)15-9-7-14(8-10-15)13-21-18(24)11-12-23-19(25)16-5-3-4-6-17(16)20(23)26/h7-10,16-17H,3-6,11-13H2,1-2H3,(H,21,24)/t16-,17-/m1/s1. The summed E-state index contributed by atoms with van der Waals surface area (Å²) in [5, 5.41) is 2.86. The van der Waals surface area contributed by atoms with Crippen molar-refractivity contribution >= 4 is 23.4 Å². The van der Waals surface area contributed by atoms with E-state index in [1.54, 1.807) is 0 Å². The fourth-order valence-corrected chi connectivity index (χ4v) is 3.87. The fraction of sp³-hybridized carbons (Fsp3) is 0.550. The highest BCUT2D eigenvalue weighted by Crippen LogP contribution is 2.37. The van der Waals surface area contributed by atoms with Crippen molar-refractivity contribution in [3.05, 3.63) is 29.8 Å². The molecule has 2 atom stereocenters. The van der Waals surface area contributed by atoms with Crippen molar-refractivity contribution in [2.45, 2.75) is 38.6 Å². The lowest BCUT2D eigenvalue weighted by Crippen LogP contribution is -2.35. The van der Waals surface area contributed by atoms with E-state index in [9.17, 15) is 14.4 Å². The van der Waals surface area contributed by atoms with Gasteiger partial charge in [-0.05, 0) is 30.5 Å². The summed E-state index contributed by atoms with van der Waals surface area (Å²) in [6.07, 6.45) is 3.80. The second-order valence-electron chi connectivity index (χ2n) is 7.41. The predicted molar refractivity (Wildman–Crippen MR) is 99.4 cm³/mol. The van der Waals surface area contributed by atoms with Crippen LogP contribution in [-0.2, 0) is 20.9 Å². The second-order valence-corrected chi connectivity index (χ2v) is 7.41. The largest absolute Gasteiger partial charge is 0.378 e. The van der Waals surface area contributed by atoms with Crippen molar-refractivity contribution in [1.29, 1.82) is 0 Å². The molecule has 6 heteroatoms. The molecule has 1 aliphatic heterocycles. The quantitative estimate of drug-likeness (QED) is 0.790. The highest BCUT2D eigenvalue weighted by Gasteiger charge is 2.47. The van der Waals surface area contributed by atoms with E-state index in [-0.39, 0.29) is 42.5 Å². The van der Waals surface area contributed by atoms with Gasteiger partial charge >= 0.3 is 0 Å². The van der Waals surface area contributed by atoms with Crippen molar-refractivity contribution in [3.63, 3.8) is 0 Å². The van der Waals surface area contributed by atoms with Crippen LogP contribution < -0.4 is 10.2 Å². The number of carbonyl (C=O) groups excluding carboxylic acids is 3. The van der Waals surface area contributed by atoms with Crippen molar-refractivity contribution in [1.82, 2.24) is 10.2 Å². The molecule has 6 nitrogen and oxygen atoms in total. The van der Waals surface area contributed by atoms with Gasteiger partial charge in [-0.1, -0.05) is 25.0 Å². The molecule has 0 unspecified atom stereocenters. The van der Waals surface area contributed by atoms with Crippen LogP contribution in [0.4, 0.5) is 5.69 Å². The summed E-state index contributed by atoms with van der Waals surface area (Å²) >= 11 is 0. The van der Waals surface area contributed by atoms with E-state index in [2.05, 4.69) is 5.32 Å². The first-order valence-electron chi connectivity index (χ1n) is 9.35. The Morgan fingerprint density at radius 3 is 2.19 bits per heavy atom. The first-order chi connectivity index (χ1) is 12.5. The first kappa shape index (κ1) is 18.4. The molecule has 1 aliphatic carbocycles. The van der Waals surface area contributed by atoms with Gasteiger partial charge in [0.05, 0.1) is 11.8 Å². The molecule has 2 aliphatic rings. The molecule has 3 amide bonds. The maximum Gasteiger partial charge on any atom is 0.233 e. The topological polar surface area (TPSA) is 69.7 Å². The molecule has 1 N–H and O–H groups in total. The second kappa shape index (κ2) is 7.89. The summed E-state index contributed by atoms with van der Waals surface area (Å²) in [6, 6.07) is 7.97. The van der Waals surface area contributed by atoms with E-state index >= 15 is 0 Å². The van der Waals surface area contributed by atoms with E-state index in [4.69, 9.17) is 0 Å². The Kier molecular flexibility index (Phi) is 5.59. The van der Waals surface area contributed by atoms with Gasteiger partial charge in [0.1, 0.15) is 0 Å². The van der Waals surface area contributed by atoms with Crippen LogP contribution in [0.15, 0.2) is 24.3 Å². The van der Waals surface area contributed by atoms with E-state index in [0.29, 0.717) is 6.54 Å². The smallest absolute Gasteiger partial charge is 0.233 e. The van der Waals surface area contributed by atoms with Crippen molar-refractivity contribution in [2.24, 2.45) is 11.8 Å². The van der Waals surface area contributed by atoms with Gasteiger partial charge in [-0.2, -0.15) is 0 Å². The molecule has 0 bridgehead atoms. The maximum absolute atomic E-state index is 12.4. The minimum Gasteiger partial charge on any atom is -0.378 e. The summed E-state index contributed by atoms with van der Waals surface area (Å²) in [6.45, 7) is 0.635. The van der Waals surface area contributed by atoms with Crippen molar-refractivity contribution < 1.29 is 14.4 Å². The Morgan fingerprint density at radius 2 is 1.65 bits per heavy atom. The molecule has 1 saturated carbocycles. The van der Waals surface area contributed by atoms with E-state index in [1.807, 2.05) is 43.3 Å². The van der Waals surface area contributed by atoms with Gasteiger partial charge in [-0.15, -0.1) is 0 Å². The Morgan fingerprint density at radius 1 is 1.08 bits per heavy atom. The molecule has 0 spiro atoms. The third-order valence-electron chi connectivity index (χ3n) is 5.44. The molecule has 2 fully saturated rings. The lowest BCUT2D eigenvalue weighted by atomic mass is 9.81. The number of nitrogens with zero attached hydrogens (tertiary/aromatic N) is 2. The zero-order valence-electron chi connectivity index (χ0n) is 15.5. The number of nitrogens with one attached hydrogen (secondary N) is 1. The predicted octanol–water partition coefficient (Wildman–Crippen LogP) is 1.93. The molecule has 1 saturated heterocycles. The minimum absolute atomic E-state index is 0.0771. The number of imide groups is 1. The number of fused-ring (bicyclic) bond motifs is 1. The van der Waals surface area contributed by atoms with E-state index in [1.165, 1.54) is 4.90 Å². The molecular weight excluding hydrogens is 330 g/mol. The lowest BCUT2D eigenvalue weighted by Gasteiger charge is -2.19. The molecular formula is C20H27N3O3. The number of anilines is 1. The number of likely N-dealkylation sites (tertiary alicyclic amines) is 1. The van der Waals surface area contributed by atoms with Crippen LogP contribution in [0.25, 0.3) is 0 Å². The van der Waals surface area contributed by atoms with Crippen LogP contribution in [-0.4, -0.2) is 43.3 Å². The summed E-state index contributed by atoms with van der Waals surface area (Å²) in [5.41, 5.74) is 2.12. The van der Waals surface area contributed by atoms with Gasteiger partial charge in [-0.3, -0.25) is 19.3 Å². The average molecular weight is 357 g/mol. The fourth-order valence-electron chi connectivity index (χ4n) is 3.87. The number of rotatable bonds is 6. The summed E-state index contributed by atoms with van der Waals surface area (Å²) in [5.74, 6) is -0.584. The SMILES string of the molecule is CN(C)c1ccc(CNC(=O)CCN2C(=O)[C@@H]3CCCC[C@H]3C2=O)cc1. The first-order valence-corrected chi connectivity index (χ1v) is 9.35. The Balaban J connectivity index is 1.46. The van der Waals surface area contributed by atoms with Crippen LogP contribution in [0.5, 0.6) is 0 Å². The Labute approximate surface area is 154 Å². The highest BCUT2D eigenvalue weighted by molar-refractivity contribution is 6.05. The molecule has 1 heterocycles. The zero-order chi connectivity index (χ0) is 18.7. The normalized spacial score (nSPS) is 22.3. The summed E-state index contributed by atoms with van der Waals surface area (Å²) in [7, 11) is 3.96. The van der Waals surface area contributed by atoms with Crippen molar-refractivity contribution in [3.8, 4) is 0 Å². The van der Waals surface area contributed by atoms with Gasteiger partial charge in [0.2, 0.25) is 17.7 Å². The van der Waals surface area contributed by atoms with Crippen LogP contribution in [0.2, 0.25) is 0 Å². The molecule has 0 radical (unpaired) electrons. The minimum atomic E-state index is -0.144. The Bertz CT molecular complexity index is 660.